The molecule has 0 unspecified atom stereocenters. The van der Waals surface area contributed by atoms with Crippen LogP contribution >= 0.6 is 33.9 Å². The van der Waals surface area contributed by atoms with Crippen LogP contribution in [0.4, 0.5) is 0 Å². The van der Waals surface area contributed by atoms with E-state index in [0.29, 0.717) is 12.5 Å². The Morgan fingerprint density at radius 2 is 1.90 bits per heavy atom. The van der Waals surface area contributed by atoms with E-state index in [-0.39, 0.29) is 26.4 Å². The summed E-state index contributed by atoms with van der Waals surface area (Å²) in [5.41, 5.74) is 0.0819. The Balaban J connectivity index is 2.37. The average molecular weight is 357 g/mol. The predicted molar refractivity (Wildman–Crippen MR) is 79.2 cm³/mol. The molecule has 20 heavy (non-hydrogen) atoms. The molecule has 2 rings (SSSR count). The van der Waals surface area contributed by atoms with Gasteiger partial charge in [0.05, 0.1) is 15.6 Å². The fraction of sp³-hybridized carbons (Fsp3) is 0.417. The molecule has 1 aliphatic carbocycles. The molecule has 1 aliphatic rings. The third-order valence-corrected chi connectivity index (χ3v) is 5.19. The van der Waals surface area contributed by atoms with E-state index in [1.54, 1.807) is 7.05 Å². The summed E-state index contributed by atoms with van der Waals surface area (Å²) in [6.45, 7) is 0.626. The molecule has 0 spiro atoms. The number of benzene rings is 1. The SMILES string of the molecule is CN(CC1CC1)C(=O)c1cc(S(=O)(=O)Cl)c(Cl)cc1Cl. The number of carbonyl (C=O) groups is 1. The van der Waals surface area contributed by atoms with E-state index < -0.39 is 9.05 Å². The van der Waals surface area contributed by atoms with E-state index in [4.69, 9.17) is 33.9 Å². The smallest absolute Gasteiger partial charge is 0.262 e. The molecule has 0 bridgehead atoms. The fourth-order valence-electron chi connectivity index (χ4n) is 1.86. The minimum Gasteiger partial charge on any atom is -0.341 e. The van der Waals surface area contributed by atoms with Gasteiger partial charge in [0.1, 0.15) is 4.90 Å². The molecule has 0 saturated heterocycles. The molecule has 0 aliphatic heterocycles. The number of amides is 1. The highest BCUT2D eigenvalue weighted by molar-refractivity contribution is 8.13. The number of halogens is 3. The Bertz CT molecular complexity index is 656. The second-order valence-corrected chi connectivity index (χ2v) is 8.18. The van der Waals surface area contributed by atoms with E-state index in [1.807, 2.05) is 0 Å². The summed E-state index contributed by atoms with van der Waals surface area (Å²) in [5.74, 6) is 0.173. The predicted octanol–water partition coefficient (Wildman–Crippen LogP) is 3.40. The first-order chi connectivity index (χ1) is 9.20. The van der Waals surface area contributed by atoms with Crippen molar-refractivity contribution >= 4 is 48.8 Å². The van der Waals surface area contributed by atoms with Gasteiger partial charge in [-0.2, -0.15) is 0 Å². The Morgan fingerprint density at radius 3 is 2.40 bits per heavy atom. The van der Waals surface area contributed by atoms with Crippen LogP contribution in [-0.4, -0.2) is 32.8 Å². The van der Waals surface area contributed by atoms with Gasteiger partial charge in [-0.15, -0.1) is 0 Å². The number of hydrogen-bond acceptors (Lipinski definition) is 3. The third-order valence-electron chi connectivity index (χ3n) is 3.09. The van der Waals surface area contributed by atoms with Crippen molar-refractivity contribution in [3.8, 4) is 0 Å². The molecular weight excluding hydrogens is 345 g/mol. The summed E-state index contributed by atoms with van der Waals surface area (Å²) in [4.78, 5) is 13.5. The molecule has 0 radical (unpaired) electrons. The van der Waals surface area contributed by atoms with Crippen molar-refractivity contribution in [1.29, 1.82) is 0 Å². The van der Waals surface area contributed by atoms with E-state index in [1.165, 1.54) is 11.0 Å². The van der Waals surface area contributed by atoms with Gasteiger partial charge in [0.2, 0.25) is 0 Å². The van der Waals surface area contributed by atoms with Crippen molar-refractivity contribution in [1.82, 2.24) is 4.90 Å². The second-order valence-electron chi connectivity index (χ2n) is 4.83. The van der Waals surface area contributed by atoms with Gasteiger partial charge in [0.15, 0.2) is 0 Å². The summed E-state index contributed by atoms with van der Waals surface area (Å²) >= 11 is 11.8. The number of rotatable bonds is 4. The lowest BCUT2D eigenvalue weighted by Crippen LogP contribution is -2.29. The van der Waals surface area contributed by atoms with Gasteiger partial charge in [-0.25, -0.2) is 8.42 Å². The molecule has 1 fully saturated rings. The molecule has 8 heteroatoms. The maximum absolute atomic E-state index is 12.3. The first-order valence-electron chi connectivity index (χ1n) is 5.89. The summed E-state index contributed by atoms with van der Waals surface area (Å²) in [6, 6.07) is 2.34. The Morgan fingerprint density at radius 1 is 1.30 bits per heavy atom. The fourth-order valence-corrected chi connectivity index (χ4v) is 3.68. The highest BCUT2D eigenvalue weighted by atomic mass is 35.7. The van der Waals surface area contributed by atoms with Crippen LogP contribution in [-0.2, 0) is 9.05 Å². The van der Waals surface area contributed by atoms with Crippen LogP contribution in [0.25, 0.3) is 0 Å². The van der Waals surface area contributed by atoms with Crippen molar-refractivity contribution in [2.75, 3.05) is 13.6 Å². The lowest BCUT2D eigenvalue weighted by atomic mass is 10.2. The molecule has 1 amide bonds. The molecule has 0 heterocycles. The first-order valence-corrected chi connectivity index (χ1v) is 8.96. The van der Waals surface area contributed by atoms with Gasteiger partial charge < -0.3 is 4.90 Å². The van der Waals surface area contributed by atoms with E-state index >= 15 is 0 Å². The van der Waals surface area contributed by atoms with Crippen LogP contribution in [0, 0.1) is 5.92 Å². The topological polar surface area (TPSA) is 54.5 Å². The Hall–Kier alpha value is -0.490. The molecule has 4 nitrogen and oxygen atoms in total. The van der Waals surface area contributed by atoms with E-state index in [9.17, 15) is 13.2 Å². The monoisotopic (exact) mass is 355 g/mol. The van der Waals surface area contributed by atoms with Gasteiger partial charge in [-0.3, -0.25) is 4.79 Å². The average Bonchev–Trinajstić information content (AvgIpc) is 3.10. The van der Waals surface area contributed by atoms with E-state index in [2.05, 4.69) is 0 Å². The number of hydrogen-bond donors (Lipinski definition) is 0. The minimum atomic E-state index is -4.03. The molecule has 0 aromatic heterocycles. The molecule has 1 aromatic rings. The van der Waals surface area contributed by atoms with Gasteiger partial charge in [-0.05, 0) is 30.9 Å². The second kappa shape index (κ2) is 5.72. The minimum absolute atomic E-state index is 0.0819. The van der Waals surface area contributed by atoms with Crippen LogP contribution in [0.3, 0.4) is 0 Å². The quantitative estimate of drug-likeness (QED) is 0.777. The molecule has 0 atom stereocenters. The Kier molecular flexibility index (Phi) is 4.54. The van der Waals surface area contributed by atoms with Gasteiger partial charge in [0.25, 0.3) is 15.0 Å². The van der Waals surface area contributed by atoms with Gasteiger partial charge >= 0.3 is 0 Å². The summed E-state index contributed by atoms with van der Waals surface area (Å²) in [6.07, 6.45) is 2.21. The molecule has 1 saturated carbocycles. The Labute approximate surface area is 132 Å². The highest BCUT2D eigenvalue weighted by Crippen LogP contribution is 2.33. The normalized spacial score (nSPS) is 15.2. The lowest BCUT2D eigenvalue weighted by Gasteiger charge is -2.18. The molecule has 0 N–H and O–H groups in total. The molecule has 110 valence electrons. The van der Waals surface area contributed by atoms with Crippen molar-refractivity contribution in [2.24, 2.45) is 5.92 Å². The number of carbonyl (C=O) groups excluding carboxylic acids is 1. The van der Waals surface area contributed by atoms with Crippen molar-refractivity contribution in [2.45, 2.75) is 17.7 Å². The standard InChI is InChI=1S/C12H12Cl3NO3S/c1-16(6-7-2-3-7)12(17)8-4-11(20(15,18)19)10(14)5-9(8)13/h4-5,7H,2-3,6H2,1H3. The first kappa shape index (κ1) is 15.9. The third kappa shape index (κ3) is 3.58. The van der Waals surface area contributed by atoms with Crippen molar-refractivity contribution in [3.05, 3.63) is 27.7 Å². The maximum Gasteiger partial charge on any atom is 0.262 e. The van der Waals surface area contributed by atoms with Gasteiger partial charge in [0, 0.05) is 24.3 Å². The lowest BCUT2D eigenvalue weighted by molar-refractivity contribution is 0.0788. The molecule has 1 aromatic carbocycles. The van der Waals surface area contributed by atoms with E-state index in [0.717, 1.165) is 18.9 Å². The van der Waals surface area contributed by atoms with Crippen molar-refractivity contribution < 1.29 is 13.2 Å². The van der Waals surface area contributed by atoms with Crippen LogP contribution in [0.2, 0.25) is 10.0 Å². The van der Waals surface area contributed by atoms with Crippen LogP contribution < -0.4 is 0 Å². The van der Waals surface area contributed by atoms with Gasteiger partial charge in [-0.1, -0.05) is 23.2 Å². The largest absolute Gasteiger partial charge is 0.341 e. The zero-order valence-electron chi connectivity index (χ0n) is 10.6. The summed E-state index contributed by atoms with van der Waals surface area (Å²) in [5, 5.41) is -0.00175. The summed E-state index contributed by atoms with van der Waals surface area (Å²) in [7, 11) is 2.91. The number of nitrogens with zero attached hydrogens (tertiary/aromatic N) is 1. The zero-order valence-corrected chi connectivity index (χ0v) is 13.7. The van der Waals surface area contributed by atoms with Crippen molar-refractivity contribution in [3.63, 3.8) is 0 Å². The van der Waals surface area contributed by atoms with Crippen LogP contribution in [0.1, 0.15) is 23.2 Å². The maximum atomic E-state index is 12.3. The zero-order chi connectivity index (χ0) is 15.1. The van der Waals surface area contributed by atoms with Crippen LogP contribution in [0.5, 0.6) is 0 Å². The summed E-state index contributed by atoms with van der Waals surface area (Å²) < 4.78 is 22.8. The highest BCUT2D eigenvalue weighted by Gasteiger charge is 2.27. The van der Waals surface area contributed by atoms with Crippen LogP contribution in [0.15, 0.2) is 17.0 Å². The molecular formula is C12H12Cl3NO3S.